The van der Waals surface area contributed by atoms with Crippen LogP contribution >= 0.6 is 11.6 Å². The van der Waals surface area contributed by atoms with E-state index >= 15 is 0 Å². The van der Waals surface area contributed by atoms with E-state index in [4.69, 9.17) is 16.3 Å². The first-order valence-corrected chi connectivity index (χ1v) is 8.94. The van der Waals surface area contributed by atoms with E-state index in [9.17, 15) is 8.42 Å². The van der Waals surface area contributed by atoms with Crippen molar-refractivity contribution in [1.82, 2.24) is 4.31 Å². The van der Waals surface area contributed by atoms with Gasteiger partial charge in [-0.25, -0.2) is 8.42 Å². The smallest absolute Gasteiger partial charge is 0.246 e. The summed E-state index contributed by atoms with van der Waals surface area (Å²) in [6.07, 6.45) is 0.900. The predicted octanol–water partition coefficient (Wildman–Crippen LogP) is 3.61. The lowest BCUT2D eigenvalue weighted by molar-refractivity contribution is 0.0682. The molecule has 3 rings (SSSR count). The zero-order valence-electron chi connectivity index (χ0n) is 12.3. The van der Waals surface area contributed by atoms with Crippen molar-refractivity contribution in [3.8, 4) is 0 Å². The molecule has 0 saturated carbocycles. The molecule has 1 saturated heterocycles. The molecule has 0 unspecified atom stereocenters. The number of benzene rings is 2. The molecular formula is C17H16ClNO3S. The van der Waals surface area contributed by atoms with Crippen molar-refractivity contribution in [1.29, 1.82) is 0 Å². The topological polar surface area (TPSA) is 46.6 Å². The Morgan fingerprint density at radius 2 is 1.78 bits per heavy atom. The zero-order chi connectivity index (χ0) is 16.4. The van der Waals surface area contributed by atoms with E-state index in [1.165, 1.54) is 4.31 Å². The van der Waals surface area contributed by atoms with Crippen LogP contribution in [0.15, 0.2) is 72.1 Å². The lowest BCUT2D eigenvalue weighted by Crippen LogP contribution is -2.37. The molecule has 4 nitrogen and oxygen atoms in total. The molecule has 2 aromatic rings. The molecule has 6 heteroatoms. The van der Waals surface area contributed by atoms with E-state index < -0.39 is 22.3 Å². The van der Waals surface area contributed by atoms with E-state index in [0.717, 1.165) is 5.56 Å². The number of hydrogen-bond acceptors (Lipinski definition) is 3. The summed E-state index contributed by atoms with van der Waals surface area (Å²) in [5.74, 6) is 0. The maximum Gasteiger partial charge on any atom is 0.246 e. The van der Waals surface area contributed by atoms with Crippen LogP contribution in [0.5, 0.6) is 0 Å². The maximum absolute atomic E-state index is 13.0. The van der Waals surface area contributed by atoms with Crippen molar-refractivity contribution in [2.75, 3.05) is 6.61 Å². The highest BCUT2D eigenvalue weighted by atomic mass is 35.5. The Bertz CT molecular complexity index is 790. The van der Waals surface area contributed by atoms with Gasteiger partial charge < -0.3 is 4.74 Å². The van der Waals surface area contributed by atoms with Gasteiger partial charge in [-0.1, -0.05) is 48.0 Å². The molecule has 1 heterocycles. The predicted molar refractivity (Wildman–Crippen MR) is 89.6 cm³/mol. The molecule has 0 radical (unpaired) electrons. The second-order valence-electron chi connectivity index (χ2n) is 5.19. The molecule has 23 heavy (non-hydrogen) atoms. The quantitative estimate of drug-likeness (QED) is 0.792. The molecule has 120 valence electrons. The van der Waals surface area contributed by atoms with Crippen molar-refractivity contribution in [3.63, 3.8) is 0 Å². The van der Waals surface area contributed by atoms with E-state index in [-0.39, 0.29) is 11.5 Å². The molecule has 1 aliphatic heterocycles. The van der Waals surface area contributed by atoms with Crippen LogP contribution in [0, 0.1) is 0 Å². The van der Waals surface area contributed by atoms with Crippen LogP contribution < -0.4 is 0 Å². The average Bonchev–Trinajstić information content (AvgIpc) is 3.01. The number of hydrogen-bond donors (Lipinski definition) is 0. The van der Waals surface area contributed by atoms with Gasteiger partial charge in [-0.3, -0.25) is 0 Å². The molecule has 0 bridgehead atoms. The number of sulfonamides is 1. The van der Waals surface area contributed by atoms with Gasteiger partial charge in [0.2, 0.25) is 10.0 Å². The fourth-order valence-electron chi connectivity index (χ4n) is 2.57. The third-order valence-electron chi connectivity index (χ3n) is 3.73. The summed E-state index contributed by atoms with van der Waals surface area (Å²) in [7, 11) is -3.70. The van der Waals surface area contributed by atoms with Crippen LogP contribution in [0.2, 0.25) is 5.02 Å². The van der Waals surface area contributed by atoms with Crippen LogP contribution in [0.1, 0.15) is 11.8 Å². The number of nitrogens with zero attached hydrogens (tertiary/aromatic N) is 1. The van der Waals surface area contributed by atoms with Crippen molar-refractivity contribution in [2.24, 2.45) is 0 Å². The van der Waals surface area contributed by atoms with Gasteiger partial charge >= 0.3 is 0 Å². The SMILES string of the molecule is C=C[C@H]1CO[C@@H](c2ccc(Cl)cc2)N1S(=O)(=O)c1ccccc1. The monoisotopic (exact) mass is 349 g/mol. The largest absolute Gasteiger partial charge is 0.356 e. The fourth-order valence-corrected chi connectivity index (χ4v) is 4.38. The summed E-state index contributed by atoms with van der Waals surface area (Å²) in [6.45, 7) is 4.00. The summed E-state index contributed by atoms with van der Waals surface area (Å²) in [4.78, 5) is 0.233. The zero-order valence-corrected chi connectivity index (χ0v) is 13.9. The highest BCUT2D eigenvalue weighted by Gasteiger charge is 2.42. The van der Waals surface area contributed by atoms with Crippen LogP contribution in [0.4, 0.5) is 0 Å². The minimum atomic E-state index is -3.70. The van der Waals surface area contributed by atoms with Gasteiger partial charge in [-0.2, -0.15) is 4.31 Å². The van der Waals surface area contributed by atoms with Crippen LogP contribution in [0.3, 0.4) is 0 Å². The minimum Gasteiger partial charge on any atom is -0.356 e. The van der Waals surface area contributed by atoms with Crippen LogP contribution in [-0.2, 0) is 14.8 Å². The second kappa shape index (κ2) is 6.45. The molecule has 0 aliphatic carbocycles. The van der Waals surface area contributed by atoms with E-state index in [0.29, 0.717) is 5.02 Å². The Hall–Kier alpha value is -1.66. The lowest BCUT2D eigenvalue weighted by Gasteiger charge is -2.26. The lowest BCUT2D eigenvalue weighted by atomic mass is 10.2. The first kappa shape index (κ1) is 16.2. The summed E-state index contributed by atoms with van der Waals surface area (Å²) >= 11 is 5.91. The third-order valence-corrected chi connectivity index (χ3v) is 5.87. The highest BCUT2D eigenvalue weighted by molar-refractivity contribution is 7.89. The Kier molecular flexibility index (Phi) is 4.55. The molecule has 0 amide bonds. The molecule has 1 aliphatic rings. The number of rotatable bonds is 4. The molecule has 2 atom stereocenters. The Morgan fingerprint density at radius 3 is 2.39 bits per heavy atom. The summed E-state index contributed by atoms with van der Waals surface area (Å²) in [5.41, 5.74) is 0.734. The van der Waals surface area contributed by atoms with Crippen molar-refractivity contribution in [2.45, 2.75) is 17.2 Å². The van der Waals surface area contributed by atoms with Gasteiger partial charge in [0.1, 0.15) is 0 Å². The van der Waals surface area contributed by atoms with E-state index in [2.05, 4.69) is 6.58 Å². The van der Waals surface area contributed by atoms with Crippen LogP contribution in [-0.4, -0.2) is 25.4 Å². The molecule has 0 aromatic heterocycles. The van der Waals surface area contributed by atoms with Gasteiger partial charge in [-0.15, -0.1) is 6.58 Å². The van der Waals surface area contributed by atoms with Gasteiger partial charge in [0.15, 0.2) is 6.23 Å². The Labute approximate surface area is 141 Å². The first-order chi connectivity index (χ1) is 11.0. The van der Waals surface area contributed by atoms with Crippen LogP contribution in [0.25, 0.3) is 0 Å². The fraction of sp³-hybridized carbons (Fsp3) is 0.176. The Balaban J connectivity index is 2.05. The second-order valence-corrected chi connectivity index (χ2v) is 7.47. The number of halogens is 1. The number of ether oxygens (including phenoxy) is 1. The first-order valence-electron chi connectivity index (χ1n) is 7.12. The van der Waals surface area contributed by atoms with Gasteiger partial charge in [0, 0.05) is 5.02 Å². The standard InChI is InChI=1S/C17H16ClNO3S/c1-2-15-12-22-17(13-8-10-14(18)11-9-13)19(15)23(20,21)16-6-4-3-5-7-16/h2-11,15,17H,1,12H2/t15-,17-/m0/s1. The van der Waals surface area contributed by atoms with E-state index in [1.54, 1.807) is 60.7 Å². The molecule has 1 fully saturated rings. The normalized spacial score (nSPS) is 22.1. The summed E-state index contributed by atoms with van der Waals surface area (Å²) in [5, 5.41) is 0.587. The summed E-state index contributed by atoms with van der Waals surface area (Å²) < 4.78 is 33.1. The van der Waals surface area contributed by atoms with Crippen molar-refractivity contribution < 1.29 is 13.2 Å². The van der Waals surface area contributed by atoms with Gasteiger partial charge in [0.25, 0.3) is 0 Å². The molecular weight excluding hydrogens is 334 g/mol. The maximum atomic E-state index is 13.0. The van der Waals surface area contributed by atoms with E-state index in [1.807, 2.05) is 0 Å². The van der Waals surface area contributed by atoms with Gasteiger partial charge in [0.05, 0.1) is 17.5 Å². The molecule has 0 spiro atoms. The Morgan fingerprint density at radius 1 is 1.13 bits per heavy atom. The third kappa shape index (κ3) is 3.05. The highest BCUT2D eigenvalue weighted by Crippen LogP contribution is 2.36. The average molecular weight is 350 g/mol. The molecule has 0 N–H and O–H groups in total. The summed E-state index contributed by atoms with van der Waals surface area (Å²) in [6, 6.07) is 14.9. The minimum absolute atomic E-state index is 0.233. The van der Waals surface area contributed by atoms with Crippen molar-refractivity contribution in [3.05, 3.63) is 77.8 Å². The molecule has 2 aromatic carbocycles. The van der Waals surface area contributed by atoms with Gasteiger partial charge in [-0.05, 0) is 29.8 Å². The van der Waals surface area contributed by atoms with Crippen molar-refractivity contribution >= 4 is 21.6 Å².